The number of benzene rings is 1. The summed E-state index contributed by atoms with van der Waals surface area (Å²) in [4.78, 5) is 24.3. The van der Waals surface area contributed by atoms with E-state index < -0.39 is 41.8 Å². The zero-order chi connectivity index (χ0) is 23.8. The Morgan fingerprint density at radius 1 is 0.742 bits per heavy atom. The molecule has 1 aromatic rings. The maximum atomic E-state index is 12.1. The van der Waals surface area contributed by atoms with Crippen LogP contribution in [-0.2, 0) is 18.8 Å². The molecule has 0 atom stereocenters. The first-order valence-electron chi connectivity index (χ1n) is 10.2. The van der Waals surface area contributed by atoms with Crippen molar-refractivity contribution in [1.82, 2.24) is 0 Å². The van der Waals surface area contributed by atoms with Crippen molar-refractivity contribution in [2.75, 3.05) is 0 Å². The molecule has 2 rings (SSSR count). The summed E-state index contributed by atoms with van der Waals surface area (Å²) >= 11 is 0. The molecular formula is C22H33BO8. The van der Waals surface area contributed by atoms with E-state index in [0.29, 0.717) is 5.46 Å². The fourth-order valence-electron chi connectivity index (χ4n) is 2.56. The molecule has 0 N–H and O–H groups in total. The van der Waals surface area contributed by atoms with Gasteiger partial charge in [-0.25, -0.2) is 9.59 Å². The van der Waals surface area contributed by atoms with E-state index in [-0.39, 0.29) is 11.5 Å². The first kappa shape index (κ1) is 25.0. The summed E-state index contributed by atoms with van der Waals surface area (Å²) in [7, 11) is -0.756. The average molecular weight is 436 g/mol. The largest absolute Gasteiger partial charge is 0.514 e. The van der Waals surface area contributed by atoms with Crippen LogP contribution in [0.2, 0.25) is 0 Å². The van der Waals surface area contributed by atoms with Crippen LogP contribution in [0, 0.1) is 0 Å². The van der Waals surface area contributed by atoms with Crippen LogP contribution in [0.4, 0.5) is 9.59 Å². The number of hydrogen-bond acceptors (Lipinski definition) is 8. The lowest BCUT2D eigenvalue weighted by molar-refractivity contribution is 0.00578. The van der Waals surface area contributed by atoms with Gasteiger partial charge in [-0.2, -0.15) is 0 Å². The van der Waals surface area contributed by atoms with Gasteiger partial charge in [0.15, 0.2) is 0 Å². The van der Waals surface area contributed by atoms with E-state index in [1.54, 1.807) is 53.7 Å². The Bertz CT molecular complexity index is 769. The Balaban J connectivity index is 2.34. The fourth-order valence-corrected chi connectivity index (χ4v) is 2.56. The first-order valence-corrected chi connectivity index (χ1v) is 10.2. The topological polar surface area (TPSA) is 89.5 Å². The lowest BCUT2D eigenvalue weighted by Crippen LogP contribution is -2.41. The highest BCUT2D eigenvalue weighted by Gasteiger charge is 2.52. The van der Waals surface area contributed by atoms with Crippen molar-refractivity contribution in [2.45, 2.75) is 91.6 Å². The van der Waals surface area contributed by atoms with Crippen LogP contribution >= 0.6 is 0 Å². The molecule has 0 aliphatic carbocycles. The molecule has 0 amide bonds. The van der Waals surface area contributed by atoms with Crippen molar-refractivity contribution in [3.8, 4) is 11.5 Å². The third-order valence-corrected chi connectivity index (χ3v) is 4.61. The van der Waals surface area contributed by atoms with Gasteiger partial charge in [-0.3, -0.25) is 0 Å². The molecule has 0 unspecified atom stereocenters. The standard InChI is InChI=1S/C22H33BO8/c1-19(2,3)28-17(24)26-15-11-14(23-30-21(7,8)22(9,10)31-23)12-16(13-15)27-18(25)29-20(4,5)6/h11-13H,1-10H3. The van der Waals surface area contributed by atoms with E-state index in [1.165, 1.54) is 6.07 Å². The minimum absolute atomic E-state index is 0.111. The van der Waals surface area contributed by atoms with Crippen molar-refractivity contribution >= 4 is 24.9 Å². The zero-order valence-electron chi connectivity index (χ0n) is 20.1. The minimum Gasteiger partial charge on any atom is -0.428 e. The van der Waals surface area contributed by atoms with E-state index >= 15 is 0 Å². The Kier molecular flexibility index (Phi) is 6.74. The number of carbonyl (C=O) groups excluding carboxylic acids is 2. The number of hydrogen-bond donors (Lipinski definition) is 0. The van der Waals surface area contributed by atoms with Gasteiger partial charge in [0, 0.05) is 6.07 Å². The van der Waals surface area contributed by atoms with Gasteiger partial charge in [-0.1, -0.05) is 0 Å². The highest BCUT2D eigenvalue weighted by atomic mass is 16.7. The minimum atomic E-state index is -0.887. The summed E-state index contributed by atoms with van der Waals surface area (Å²) in [5.74, 6) is 0.222. The number of carbonyl (C=O) groups is 2. The van der Waals surface area contributed by atoms with Crippen LogP contribution in [0.1, 0.15) is 69.2 Å². The lowest BCUT2D eigenvalue weighted by Gasteiger charge is -2.32. The van der Waals surface area contributed by atoms with Crippen molar-refractivity contribution in [3.63, 3.8) is 0 Å². The molecule has 9 heteroatoms. The van der Waals surface area contributed by atoms with Gasteiger partial charge < -0.3 is 28.3 Å². The second-order valence-electron chi connectivity index (χ2n) is 10.5. The van der Waals surface area contributed by atoms with Gasteiger partial charge in [0.25, 0.3) is 0 Å². The van der Waals surface area contributed by atoms with Crippen molar-refractivity contribution < 1.29 is 37.8 Å². The van der Waals surface area contributed by atoms with E-state index in [1.807, 2.05) is 27.7 Å². The van der Waals surface area contributed by atoms with Crippen LogP contribution < -0.4 is 14.9 Å². The third kappa shape index (κ3) is 7.14. The Morgan fingerprint density at radius 3 is 1.42 bits per heavy atom. The fraction of sp³-hybridized carbons (Fsp3) is 0.636. The smallest absolute Gasteiger partial charge is 0.428 e. The van der Waals surface area contributed by atoms with E-state index in [2.05, 4.69) is 0 Å². The Morgan fingerprint density at radius 2 is 1.10 bits per heavy atom. The second kappa shape index (κ2) is 8.35. The maximum absolute atomic E-state index is 12.1. The summed E-state index contributed by atoms with van der Waals surface area (Å²) in [6.07, 6.45) is -1.77. The number of rotatable bonds is 3. The van der Waals surface area contributed by atoms with Crippen molar-refractivity contribution in [2.24, 2.45) is 0 Å². The highest BCUT2D eigenvalue weighted by Crippen LogP contribution is 2.37. The first-order chi connectivity index (χ1) is 13.9. The van der Waals surface area contributed by atoms with E-state index in [9.17, 15) is 9.59 Å². The summed E-state index contributed by atoms with van der Waals surface area (Å²) in [5.41, 5.74) is -2.09. The normalized spacial score (nSPS) is 17.8. The predicted molar refractivity (Wildman–Crippen MR) is 116 cm³/mol. The Labute approximate surface area is 184 Å². The molecule has 31 heavy (non-hydrogen) atoms. The monoisotopic (exact) mass is 436 g/mol. The molecular weight excluding hydrogens is 403 g/mol. The van der Waals surface area contributed by atoms with Crippen molar-refractivity contribution in [1.29, 1.82) is 0 Å². The molecule has 1 saturated heterocycles. The van der Waals surface area contributed by atoms with E-state index in [0.717, 1.165) is 0 Å². The summed E-state index contributed by atoms with van der Waals surface area (Å²) in [6.45, 7) is 18.1. The SMILES string of the molecule is CC(C)(C)OC(=O)Oc1cc(OC(=O)OC(C)(C)C)cc(B2OC(C)(C)C(C)(C)O2)c1. The molecule has 0 aromatic heterocycles. The molecule has 1 heterocycles. The molecule has 0 bridgehead atoms. The maximum Gasteiger partial charge on any atom is 0.514 e. The molecule has 1 fully saturated rings. The van der Waals surface area contributed by atoms with Crippen LogP contribution in [0.25, 0.3) is 0 Å². The molecule has 1 aliphatic heterocycles. The highest BCUT2D eigenvalue weighted by molar-refractivity contribution is 6.62. The van der Waals surface area contributed by atoms with Crippen molar-refractivity contribution in [3.05, 3.63) is 18.2 Å². The second-order valence-corrected chi connectivity index (χ2v) is 10.5. The van der Waals surface area contributed by atoms with Gasteiger partial charge in [0.1, 0.15) is 22.7 Å². The lowest BCUT2D eigenvalue weighted by atomic mass is 9.79. The number of ether oxygens (including phenoxy) is 4. The molecule has 8 nitrogen and oxygen atoms in total. The molecule has 172 valence electrons. The van der Waals surface area contributed by atoms with Crippen LogP contribution in [0.15, 0.2) is 18.2 Å². The molecule has 1 aromatic carbocycles. The molecule has 0 radical (unpaired) electrons. The average Bonchev–Trinajstić information content (AvgIpc) is 2.71. The van der Waals surface area contributed by atoms with Gasteiger partial charge in [-0.15, -0.1) is 0 Å². The van der Waals surface area contributed by atoms with Gasteiger partial charge in [0.2, 0.25) is 0 Å². The van der Waals surface area contributed by atoms with Crippen LogP contribution in [0.5, 0.6) is 11.5 Å². The molecule has 0 spiro atoms. The molecule has 0 saturated carbocycles. The van der Waals surface area contributed by atoms with Gasteiger partial charge >= 0.3 is 19.4 Å². The summed E-state index contributed by atoms with van der Waals surface area (Å²) in [5, 5.41) is 0. The van der Waals surface area contributed by atoms with Crippen LogP contribution in [0.3, 0.4) is 0 Å². The van der Waals surface area contributed by atoms with Gasteiger partial charge in [0.05, 0.1) is 11.2 Å². The quantitative estimate of drug-likeness (QED) is 0.386. The summed E-state index contributed by atoms with van der Waals surface area (Å²) < 4.78 is 33.2. The molecule has 1 aliphatic rings. The summed E-state index contributed by atoms with van der Waals surface area (Å²) in [6, 6.07) is 4.55. The van der Waals surface area contributed by atoms with Gasteiger partial charge in [-0.05, 0) is 86.8 Å². The third-order valence-electron chi connectivity index (χ3n) is 4.61. The predicted octanol–water partition coefficient (Wildman–Crippen LogP) is 4.61. The van der Waals surface area contributed by atoms with Crippen LogP contribution in [-0.4, -0.2) is 41.8 Å². The van der Waals surface area contributed by atoms with E-state index in [4.69, 9.17) is 28.3 Å². The Hall–Kier alpha value is -2.26. The zero-order valence-corrected chi connectivity index (χ0v) is 20.1.